The van der Waals surface area contributed by atoms with E-state index < -0.39 is 0 Å². The average molecular weight is 367 g/mol. The highest BCUT2D eigenvalue weighted by Crippen LogP contribution is 2.25. The summed E-state index contributed by atoms with van der Waals surface area (Å²) in [5, 5.41) is 0. The summed E-state index contributed by atoms with van der Waals surface area (Å²) < 4.78 is 2.44. The van der Waals surface area contributed by atoms with Crippen molar-refractivity contribution in [3.8, 4) is 0 Å². The normalized spacial score (nSPS) is 11.3. The fourth-order valence-corrected chi connectivity index (χ4v) is 4.24. The molecule has 3 aromatic rings. The van der Waals surface area contributed by atoms with Gasteiger partial charge in [0.25, 0.3) is 0 Å². The van der Waals surface area contributed by atoms with Crippen LogP contribution >= 0.6 is 11.8 Å². The number of benzene rings is 2. The van der Waals surface area contributed by atoms with Crippen LogP contribution in [0.25, 0.3) is 11.0 Å². The van der Waals surface area contributed by atoms with Crippen LogP contribution in [0.2, 0.25) is 0 Å². The highest BCUT2D eigenvalue weighted by molar-refractivity contribution is 7.98. The van der Waals surface area contributed by atoms with E-state index in [0.717, 1.165) is 17.8 Å². The summed E-state index contributed by atoms with van der Waals surface area (Å²) in [5.74, 6) is 2.13. The molecule has 0 amide bonds. The number of imidazole rings is 1. The zero-order chi connectivity index (χ0) is 18.0. The van der Waals surface area contributed by atoms with Gasteiger partial charge in [-0.15, -0.1) is 11.8 Å². The maximum absolute atomic E-state index is 4.91. The second-order valence-corrected chi connectivity index (χ2v) is 7.94. The topological polar surface area (TPSA) is 17.8 Å². The molecule has 2 aromatic carbocycles. The van der Waals surface area contributed by atoms with E-state index in [1.54, 1.807) is 0 Å². The fraction of sp³-hybridized carbons (Fsp3) is 0.435. The Labute approximate surface area is 162 Å². The lowest BCUT2D eigenvalue weighted by molar-refractivity contribution is 0.549. The molecule has 1 aromatic heterocycles. The molecule has 0 atom stereocenters. The number of hydrogen-bond acceptors (Lipinski definition) is 2. The Morgan fingerprint density at radius 3 is 2.31 bits per heavy atom. The van der Waals surface area contributed by atoms with E-state index in [1.165, 1.54) is 61.2 Å². The predicted octanol–water partition coefficient (Wildman–Crippen LogP) is 7.08. The van der Waals surface area contributed by atoms with Gasteiger partial charge in [-0.05, 0) is 30.7 Å². The molecular formula is C23H30N2S. The third-order valence-corrected chi connectivity index (χ3v) is 5.84. The zero-order valence-corrected chi connectivity index (χ0v) is 16.7. The summed E-state index contributed by atoms with van der Waals surface area (Å²) in [4.78, 5) is 6.22. The highest BCUT2D eigenvalue weighted by Gasteiger charge is 2.10. The first-order valence-electron chi connectivity index (χ1n) is 10.0. The van der Waals surface area contributed by atoms with Crippen LogP contribution in [0.5, 0.6) is 0 Å². The average Bonchev–Trinajstić information content (AvgIpc) is 3.04. The largest absolute Gasteiger partial charge is 0.327 e. The smallest absolute Gasteiger partial charge is 0.120 e. The summed E-state index contributed by atoms with van der Waals surface area (Å²) >= 11 is 1.87. The molecule has 138 valence electrons. The summed E-state index contributed by atoms with van der Waals surface area (Å²) in [6.45, 7) is 3.36. The van der Waals surface area contributed by atoms with Crippen molar-refractivity contribution >= 4 is 22.8 Å². The van der Waals surface area contributed by atoms with Crippen molar-refractivity contribution in [2.75, 3.05) is 0 Å². The van der Waals surface area contributed by atoms with Crippen molar-refractivity contribution in [1.82, 2.24) is 9.55 Å². The van der Waals surface area contributed by atoms with Crippen molar-refractivity contribution in [2.24, 2.45) is 0 Å². The van der Waals surface area contributed by atoms with Gasteiger partial charge in [-0.2, -0.15) is 0 Å². The number of unbranched alkanes of at least 4 members (excludes halogenated alkanes) is 6. The number of nitrogens with zero attached hydrogens (tertiary/aromatic N) is 2. The number of fused-ring (bicyclic) bond motifs is 1. The van der Waals surface area contributed by atoms with Gasteiger partial charge in [-0.1, -0.05) is 75.8 Å². The van der Waals surface area contributed by atoms with Crippen molar-refractivity contribution in [3.63, 3.8) is 0 Å². The van der Waals surface area contributed by atoms with Gasteiger partial charge in [0, 0.05) is 11.4 Å². The summed E-state index contributed by atoms with van der Waals surface area (Å²) in [6, 6.07) is 19.2. The Balaban J connectivity index is 1.61. The Morgan fingerprint density at radius 2 is 1.50 bits per heavy atom. The van der Waals surface area contributed by atoms with E-state index in [4.69, 9.17) is 4.98 Å². The van der Waals surface area contributed by atoms with Crippen LogP contribution in [0.4, 0.5) is 0 Å². The maximum Gasteiger partial charge on any atom is 0.120 e. The van der Waals surface area contributed by atoms with E-state index in [9.17, 15) is 0 Å². The van der Waals surface area contributed by atoms with E-state index in [2.05, 4.69) is 66.1 Å². The molecule has 0 spiro atoms. The van der Waals surface area contributed by atoms with Gasteiger partial charge in [0.1, 0.15) is 5.82 Å². The lowest BCUT2D eigenvalue weighted by Crippen LogP contribution is -2.03. The Bertz CT molecular complexity index is 779. The van der Waals surface area contributed by atoms with Gasteiger partial charge >= 0.3 is 0 Å². The van der Waals surface area contributed by atoms with Crippen LogP contribution in [0.15, 0.2) is 59.5 Å². The molecule has 3 rings (SSSR count). The summed E-state index contributed by atoms with van der Waals surface area (Å²) in [5.41, 5.74) is 2.40. The second-order valence-electron chi connectivity index (χ2n) is 6.89. The van der Waals surface area contributed by atoms with Crippen LogP contribution in [-0.4, -0.2) is 9.55 Å². The minimum atomic E-state index is 0.926. The molecule has 0 unspecified atom stereocenters. The van der Waals surface area contributed by atoms with E-state index >= 15 is 0 Å². The molecule has 0 saturated heterocycles. The predicted molar refractivity (Wildman–Crippen MR) is 114 cm³/mol. The third-order valence-electron chi connectivity index (χ3n) is 4.83. The Hall–Kier alpha value is -1.74. The van der Waals surface area contributed by atoms with Gasteiger partial charge in [-0.3, -0.25) is 0 Å². The number of hydrogen-bond donors (Lipinski definition) is 0. The molecule has 0 bridgehead atoms. The third kappa shape index (κ3) is 5.38. The van der Waals surface area contributed by atoms with E-state index in [0.29, 0.717) is 0 Å². The van der Waals surface area contributed by atoms with Crippen molar-refractivity contribution in [3.05, 3.63) is 60.4 Å². The second kappa shape index (κ2) is 10.4. The van der Waals surface area contributed by atoms with Gasteiger partial charge < -0.3 is 4.57 Å². The van der Waals surface area contributed by atoms with Gasteiger partial charge in [0.15, 0.2) is 0 Å². The number of aromatic nitrogens is 2. The van der Waals surface area contributed by atoms with Crippen molar-refractivity contribution in [1.29, 1.82) is 0 Å². The molecule has 0 aliphatic rings. The first-order valence-corrected chi connectivity index (χ1v) is 11.0. The van der Waals surface area contributed by atoms with Crippen LogP contribution in [-0.2, 0) is 12.3 Å². The number of para-hydroxylation sites is 2. The molecule has 26 heavy (non-hydrogen) atoms. The summed E-state index contributed by atoms with van der Waals surface area (Å²) in [7, 11) is 0. The van der Waals surface area contributed by atoms with Gasteiger partial charge in [0.2, 0.25) is 0 Å². The Morgan fingerprint density at radius 1 is 0.808 bits per heavy atom. The molecule has 0 radical (unpaired) electrons. The van der Waals surface area contributed by atoms with Crippen LogP contribution < -0.4 is 0 Å². The van der Waals surface area contributed by atoms with E-state index in [1.807, 2.05) is 11.8 Å². The number of thioether (sulfide) groups is 1. The lowest BCUT2D eigenvalue weighted by Gasteiger charge is -2.09. The lowest BCUT2D eigenvalue weighted by atomic mass is 10.1. The highest BCUT2D eigenvalue weighted by atomic mass is 32.2. The number of aryl methyl sites for hydroxylation is 1. The molecular weight excluding hydrogens is 336 g/mol. The van der Waals surface area contributed by atoms with Crippen molar-refractivity contribution < 1.29 is 0 Å². The SMILES string of the molecule is CCCCCCCCCn1c(CSc2ccccc2)nc2ccccc21. The van der Waals surface area contributed by atoms with Gasteiger partial charge in [-0.25, -0.2) is 4.98 Å². The zero-order valence-electron chi connectivity index (χ0n) is 15.9. The quantitative estimate of drug-likeness (QED) is 0.266. The van der Waals surface area contributed by atoms with Crippen LogP contribution in [0.1, 0.15) is 57.7 Å². The molecule has 3 heteroatoms. The first kappa shape index (κ1) is 19.0. The standard InChI is InChI=1S/C23H30N2S/c1-2-3-4-5-6-7-13-18-25-22-17-12-11-16-21(22)24-23(25)19-26-20-14-9-8-10-15-20/h8-12,14-17H,2-7,13,18-19H2,1H3. The molecule has 0 fully saturated rings. The molecule has 0 N–H and O–H groups in total. The molecule has 0 saturated carbocycles. The fourth-order valence-electron chi connectivity index (χ4n) is 3.38. The monoisotopic (exact) mass is 366 g/mol. The van der Waals surface area contributed by atoms with E-state index in [-0.39, 0.29) is 0 Å². The maximum atomic E-state index is 4.91. The van der Waals surface area contributed by atoms with Crippen molar-refractivity contribution in [2.45, 2.75) is 69.1 Å². The molecule has 0 aliphatic heterocycles. The minimum absolute atomic E-state index is 0.926. The van der Waals surface area contributed by atoms with Crippen LogP contribution in [0, 0.1) is 0 Å². The molecule has 2 nitrogen and oxygen atoms in total. The number of rotatable bonds is 11. The first-order chi connectivity index (χ1) is 12.9. The molecule has 1 heterocycles. The van der Waals surface area contributed by atoms with Gasteiger partial charge in [0.05, 0.1) is 16.8 Å². The molecule has 0 aliphatic carbocycles. The summed E-state index contributed by atoms with van der Waals surface area (Å²) in [6.07, 6.45) is 9.41. The Kier molecular flexibility index (Phi) is 7.63. The minimum Gasteiger partial charge on any atom is -0.327 e. The van der Waals surface area contributed by atoms with Crippen LogP contribution in [0.3, 0.4) is 0 Å².